The van der Waals surface area contributed by atoms with Gasteiger partial charge in [0, 0.05) is 6.42 Å². The van der Waals surface area contributed by atoms with Gasteiger partial charge < -0.3 is 4.52 Å². The summed E-state index contributed by atoms with van der Waals surface area (Å²) in [5.41, 5.74) is 0. The van der Waals surface area contributed by atoms with Gasteiger partial charge in [-0.05, 0) is 26.2 Å². The van der Waals surface area contributed by atoms with Crippen LogP contribution in [0.1, 0.15) is 40.5 Å². The molecule has 0 saturated heterocycles. The highest BCUT2D eigenvalue weighted by Crippen LogP contribution is 2.62. The molecule has 0 aromatic carbocycles. The summed E-state index contributed by atoms with van der Waals surface area (Å²) in [7, 11) is -5.11. The van der Waals surface area contributed by atoms with Crippen LogP contribution in [0.2, 0.25) is 0 Å². The number of hydrogen-bond donors (Lipinski definition) is 0. The highest BCUT2D eigenvalue weighted by Gasteiger charge is 2.91. The fraction of sp³-hybridized carbons (Fsp3) is 0.882. The topological polar surface area (TPSA) is 44.8 Å². The standard InChI is InChI=1S/C17H21F14O4P/c1-5-33-36(32,34-6-2)35-10(8-7-9(3)4)11(18)12(19,20)13(21,22)14(23,24)15(25,26)16(27,28)17(29,30)31/h9H,5-8H2,1-4H3/b11-10+. The van der Waals surface area contributed by atoms with E-state index < -0.39 is 87.2 Å². The molecule has 0 radical (unpaired) electrons. The Labute approximate surface area is 195 Å². The molecule has 0 aliphatic rings. The maximum Gasteiger partial charge on any atom is 0.529 e. The number of rotatable bonds is 14. The molecule has 0 aliphatic heterocycles. The molecule has 0 heterocycles. The molecular weight excluding hydrogens is 565 g/mol. The van der Waals surface area contributed by atoms with E-state index >= 15 is 0 Å². The summed E-state index contributed by atoms with van der Waals surface area (Å²) in [6.07, 6.45) is -9.34. The van der Waals surface area contributed by atoms with Gasteiger partial charge in [0.05, 0.1) is 13.2 Å². The Morgan fingerprint density at radius 3 is 1.44 bits per heavy atom. The third kappa shape index (κ3) is 6.40. The van der Waals surface area contributed by atoms with E-state index in [1.54, 1.807) is 0 Å². The van der Waals surface area contributed by atoms with E-state index in [9.17, 15) is 66.0 Å². The molecule has 0 N–H and O–H groups in total. The van der Waals surface area contributed by atoms with Gasteiger partial charge in [-0.2, -0.15) is 57.1 Å². The van der Waals surface area contributed by atoms with Crippen LogP contribution < -0.4 is 0 Å². The number of allylic oxidation sites excluding steroid dienone is 2. The molecule has 19 heteroatoms. The van der Waals surface area contributed by atoms with Crippen LogP contribution in [0, 0.1) is 5.92 Å². The second-order valence-corrected chi connectivity index (χ2v) is 9.01. The molecule has 216 valence electrons. The Balaban J connectivity index is 6.94. The minimum atomic E-state index is -8.20. The van der Waals surface area contributed by atoms with Gasteiger partial charge in [0.25, 0.3) is 0 Å². The third-order valence-electron chi connectivity index (χ3n) is 4.20. The van der Waals surface area contributed by atoms with Crippen molar-refractivity contribution in [3.05, 3.63) is 11.6 Å². The molecule has 0 atom stereocenters. The smallest absolute Gasteiger partial charge is 0.406 e. The van der Waals surface area contributed by atoms with Crippen LogP contribution in [0.3, 0.4) is 0 Å². The maximum atomic E-state index is 14.6. The summed E-state index contributed by atoms with van der Waals surface area (Å²) in [4.78, 5) is 0. The number of phosphoric acid groups is 1. The predicted molar refractivity (Wildman–Crippen MR) is 94.9 cm³/mol. The minimum Gasteiger partial charge on any atom is -0.406 e. The lowest BCUT2D eigenvalue weighted by atomic mass is 9.92. The van der Waals surface area contributed by atoms with Crippen molar-refractivity contribution in [2.45, 2.75) is 76.3 Å². The molecule has 0 rings (SSSR count). The first-order valence-corrected chi connectivity index (χ1v) is 11.2. The minimum absolute atomic E-state index is 0.485. The lowest BCUT2D eigenvalue weighted by molar-refractivity contribution is -0.437. The van der Waals surface area contributed by atoms with Crippen molar-refractivity contribution in [3.63, 3.8) is 0 Å². The number of hydrogen-bond acceptors (Lipinski definition) is 4. The van der Waals surface area contributed by atoms with E-state index in [0.717, 1.165) is 13.8 Å². The second-order valence-electron chi connectivity index (χ2n) is 7.41. The molecule has 0 spiro atoms. The van der Waals surface area contributed by atoms with E-state index in [1.165, 1.54) is 13.8 Å². The Bertz CT molecular complexity index is 813. The lowest BCUT2D eigenvalue weighted by Crippen LogP contribution is -2.70. The first-order chi connectivity index (χ1) is 15.8. The number of phosphoric ester groups is 1. The fourth-order valence-corrected chi connectivity index (χ4v) is 3.49. The SMILES string of the molecule is CCOP(=O)(OCC)O/C(CCC(C)C)=C(/F)C(F)(F)C(F)(F)C(F)(F)C(F)(F)C(F)(F)C(F)(F)F. The second kappa shape index (κ2) is 11.2. The highest BCUT2D eigenvalue weighted by atomic mass is 31.2. The molecule has 0 bridgehead atoms. The molecule has 0 unspecified atom stereocenters. The van der Waals surface area contributed by atoms with Crippen molar-refractivity contribution in [3.8, 4) is 0 Å². The molecule has 0 aromatic rings. The van der Waals surface area contributed by atoms with Crippen molar-refractivity contribution < 1.29 is 79.6 Å². The summed E-state index contributed by atoms with van der Waals surface area (Å²) in [6, 6.07) is 0. The molecular formula is C17H21F14O4P. The Kier molecular flexibility index (Phi) is 10.8. The molecule has 4 nitrogen and oxygen atoms in total. The van der Waals surface area contributed by atoms with Crippen molar-refractivity contribution in [1.82, 2.24) is 0 Å². The maximum absolute atomic E-state index is 14.6. The summed E-state index contributed by atoms with van der Waals surface area (Å²) in [5, 5.41) is 0. The summed E-state index contributed by atoms with van der Waals surface area (Å²) in [5.74, 6) is -46.0. The Morgan fingerprint density at radius 2 is 1.11 bits per heavy atom. The van der Waals surface area contributed by atoms with Gasteiger partial charge in [-0.15, -0.1) is 0 Å². The summed E-state index contributed by atoms with van der Waals surface area (Å²) >= 11 is 0. The molecule has 36 heavy (non-hydrogen) atoms. The molecule has 0 aliphatic carbocycles. The Hall–Kier alpha value is -1.29. The Morgan fingerprint density at radius 1 is 0.722 bits per heavy atom. The molecule has 0 fully saturated rings. The van der Waals surface area contributed by atoms with Crippen molar-refractivity contribution >= 4 is 7.82 Å². The van der Waals surface area contributed by atoms with Crippen LogP contribution in [0.25, 0.3) is 0 Å². The van der Waals surface area contributed by atoms with Gasteiger partial charge in [0.15, 0.2) is 0 Å². The first kappa shape index (κ1) is 34.7. The van der Waals surface area contributed by atoms with Crippen LogP contribution >= 0.6 is 7.82 Å². The summed E-state index contributed by atoms with van der Waals surface area (Å²) < 4.78 is 213. The largest absolute Gasteiger partial charge is 0.529 e. The van der Waals surface area contributed by atoms with Gasteiger partial charge >= 0.3 is 43.6 Å². The van der Waals surface area contributed by atoms with Crippen molar-refractivity contribution in [2.24, 2.45) is 5.92 Å². The normalized spacial score (nSPS) is 15.9. The average Bonchev–Trinajstić information content (AvgIpc) is 2.69. The van der Waals surface area contributed by atoms with Crippen LogP contribution in [-0.4, -0.2) is 49.0 Å². The van der Waals surface area contributed by atoms with E-state index in [-0.39, 0.29) is 0 Å². The molecule has 0 aromatic heterocycles. The van der Waals surface area contributed by atoms with Crippen LogP contribution in [-0.2, 0) is 18.1 Å². The monoisotopic (exact) mass is 586 g/mol. The van der Waals surface area contributed by atoms with Gasteiger partial charge in [-0.1, -0.05) is 13.8 Å². The predicted octanol–water partition coefficient (Wildman–Crippen LogP) is 8.54. The fourth-order valence-electron chi connectivity index (χ4n) is 2.24. The van der Waals surface area contributed by atoms with Gasteiger partial charge in [-0.25, -0.2) is 8.96 Å². The quantitative estimate of drug-likeness (QED) is 0.116. The highest BCUT2D eigenvalue weighted by molar-refractivity contribution is 7.48. The first-order valence-electron chi connectivity index (χ1n) is 9.74. The van der Waals surface area contributed by atoms with Crippen molar-refractivity contribution in [2.75, 3.05) is 13.2 Å². The molecule has 0 saturated carbocycles. The molecule has 0 amide bonds. The van der Waals surface area contributed by atoms with Gasteiger partial charge in [0.1, 0.15) is 5.76 Å². The van der Waals surface area contributed by atoms with Crippen LogP contribution in [0.4, 0.5) is 61.5 Å². The van der Waals surface area contributed by atoms with Gasteiger partial charge in [-0.3, -0.25) is 9.05 Å². The van der Waals surface area contributed by atoms with E-state index in [4.69, 9.17) is 0 Å². The number of halogens is 14. The zero-order valence-electron chi connectivity index (χ0n) is 18.8. The zero-order valence-corrected chi connectivity index (χ0v) is 19.7. The van der Waals surface area contributed by atoms with E-state index in [2.05, 4.69) is 13.6 Å². The van der Waals surface area contributed by atoms with Gasteiger partial charge in [0.2, 0.25) is 5.83 Å². The van der Waals surface area contributed by atoms with Crippen molar-refractivity contribution in [1.29, 1.82) is 0 Å². The van der Waals surface area contributed by atoms with E-state index in [0.29, 0.717) is 0 Å². The van der Waals surface area contributed by atoms with Crippen LogP contribution in [0.15, 0.2) is 11.6 Å². The lowest BCUT2D eigenvalue weighted by Gasteiger charge is -2.39. The number of alkyl halides is 13. The third-order valence-corrected chi connectivity index (χ3v) is 5.79. The average molecular weight is 586 g/mol. The zero-order chi connectivity index (χ0) is 29.2. The van der Waals surface area contributed by atoms with E-state index in [1.807, 2.05) is 0 Å². The summed E-state index contributed by atoms with van der Waals surface area (Å²) in [6.45, 7) is 3.69. The van der Waals surface area contributed by atoms with Crippen LogP contribution in [0.5, 0.6) is 0 Å².